The molecule has 5 nitrogen and oxygen atoms in total. The fraction of sp³-hybridized carbons (Fsp3) is 0.467. The summed E-state index contributed by atoms with van der Waals surface area (Å²) in [6.45, 7) is 3.50. The zero-order valence-corrected chi connectivity index (χ0v) is 15.3. The number of piperidine rings is 1. The van der Waals surface area contributed by atoms with Crippen LogP contribution in [0.15, 0.2) is 29.0 Å². The summed E-state index contributed by atoms with van der Waals surface area (Å²) in [7, 11) is 0. The maximum Gasteiger partial charge on any atom is 0.265 e. The summed E-state index contributed by atoms with van der Waals surface area (Å²) in [4.78, 5) is 19.5. The van der Waals surface area contributed by atoms with Crippen molar-refractivity contribution in [2.75, 3.05) is 13.1 Å². The molecule has 1 saturated heterocycles. The Bertz CT molecular complexity index is 618. The van der Waals surface area contributed by atoms with E-state index < -0.39 is 0 Å². The Hall–Kier alpha value is -1.08. The minimum absolute atomic E-state index is 0. The summed E-state index contributed by atoms with van der Waals surface area (Å²) in [5.74, 6) is 1.36. The van der Waals surface area contributed by atoms with Crippen LogP contribution in [0.5, 0.6) is 0 Å². The average Bonchev–Trinajstić information content (AvgIpc) is 3.17. The number of amides is 1. The molecule has 0 bridgehead atoms. The first-order valence-electron chi connectivity index (χ1n) is 7.19. The lowest BCUT2D eigenvalue weighted by molar-refractivity contribution is 0.0578. The minimum Gasteiger partial charge on any atom is -0.462 e. The lowest BCUT2D eigenvalue weighted by Gasteiger charge is -2.37. The van der Waals surface area contributed by atoms with Crippen LogP contribution in [0.1, 0.15) is 29.4 Å². The number of likely N-dealkylation sites (tertiary alicyclic amines) is 1. The van der Waals surface area contributed by atoms with Gasteiger partial charge in [-0.2, -0.15) is 0 Å². The highest BCUT2D eigenvalue weighted by atomic mass is 35.5. The molecule has 2 aromatic rings. The summed E-state index contributed by atoms with van der Waals surface area (Å²) in [5, 5.41) is 0.734. The summed E-state index contributed by atoms with van der Waals surface area (Å²) < 4.78 is 5.32. The van der Waals surface area contributed by atoms with Gasteiger partial charge in [0.25, 0.3) is 5.91 Å². The van der Waals surface area contributed by atoms with Crippen molar-refractivity contribution in [2.45, 2.75) is 25.8 Å². The van der Waals surface area contributed by atoms with E-state index in [-0.39, 0.29) is 36.8 Å². The van der Waals surface area contributed by atoms with E-state index in [0.29, 0.717) is 23.1 Å². The van der Waals surface area contributed by atoms with Crippen molar-refractivity contribution >= 4 is 42.1 Å². The topological polar surface area (TPSA) is 72.4 Å². The van der Waals surface area contributed by atoms with Gasteiger partial charge in [0.2, 0.25) is 0 Å². The number of nitrogens with zero attached hydrogens (tertiary/aromatic N) is 2. The summed E-state index contributed by atoms with van der Waals surface area (Å²) >= 11 is 1.37. The van der Waals surface area contributed by atoms with Gasteiger partial charge in [0.15, 0.2) is 10.8 Å². The van der Waals surface area contributed by atoms with Crippen molar-refractivity contribution in [3.8, 4) is 10.8 Å². The number of halogens is 2. The van der Waals surface area contributed by atoms with Crippen LogP contribution in [0.2, 0.25) is 0 Å². The Morgan fingerprint density at radius 2 is 2.30 bits per heavy atom. The number of carbonyl (C=O) groups is 1. The first kappa shape index (κ1) is 20.0. The fourth-order valence-corrected chi connectivity index (χ4v) is 3.61. The molecular formula is C15H21Cl2N3O2S. The van der Waals surface area contributed by atoms with Gasteiger partial charge in [0.05, 0.1) is 12.5 Å². The highest BCUT2D eigenvalue weighted by molar-refractivity contribution is 7.16. The average molecular weight is 378 g/mol. The molecule has 3 heterocycles. The van der Waals surface area contributed by atoms with Crippen molar-refractivity contribution in [3.05, 3.63) is 29.5 Å². The highest BCUT2D eigenvalue weighted by Gasteiger charge is 2.30. The normalized spacial score (nSPS) is 20.5. The van der Waals surface area contributed by atoms with Gasteiger partial charge < -0.3 is 15.1 Å². The number of thiazole rings is 1. The SMILES string of the molecule is CC1CCN(C(=O)c2cnc(-c3ccco3)s2)C(CN)C1.Cl.Cl. The Morgan fingerprint density at radius 1 is 1.52 bits per heavy atom. The van der Waals surface area contributed by atoms with Crippen LogP contribution in [0.4, 0.5) is 0 Å². The smallest absolute Gasteiger partial charge is 0.265 e. The van der Waals surface area contributed by atoms with Crippen LogP contribution in [0.3, 0.4) is 0 Å². The Morgan fingerprint density at radius 3 is 2.96 bits per heavy atom. The van der Waals surface area contributed by atoms with Crippen LogP contribution in [0.25, 0.3) is 10.8 Å². The summed E-state index contributed by atoms with van der Waals surface area (Å²) in [6.07, 6.45) is 5.25. The van der Waals surface area contributed by atoms with Gasteiger partial charge in [-0.1, -0.05) is 6.92 Å². The number of furan rings is 1. The molecule has 8 heteroatoms. The molecule has 2 atom stereocenters. The Labute approximate surface area is 152 Å². The van der Waals surface area contributed by atoms with E-state index in [1.165, 1.54) is 11.3 Å². The van der Waals surface area contributed by atoms with Gasteiger partial charge in [0.1, 0.15) is 4.88 Å². The van der Waals surface area contributed by atoms with Gasteiger partial charge >= 0.3 is 0 Å². The van der Waals surface area contributed by atoms with E-state index >= 15 is 0 Å². The molecule has 1 fully saturated rings. The molecule has 23 heavy (non-hydrogen) atoms. The standard InChI is InChI=1S/C15H19N3O2S.2ClH/c1-10-4-5-18(11(7-10)8-16)15(19)13-9-17-14(21-13)12-3-2-6-20-12;;/h2-3,6,9-11H,4-5,7-8,16H2,1H3;2*1H. The number of hydrogen-bond acceptors (Lipinski definition) is 5. The van der Waals surface area contributed by atoms with Crippen LogP contribution in [0, 0.1) is 5.92 Å². The van der Waals surface area contributed by atoms with Crippen molar-refractivity contribution < 1.29 is 9.21 Å². The molecule has 0 aliphatic carbocycles. The number of aromatic nitrogens is 1. The van der Waals surface area contributed by atoms with Crippen molar-refractivity contribution in [2.24, 2.45) is 11.7 Å². The Balaban J connectivity index is 0.00000132. The molecule has 1 aliphatic heterocycles. The molecule has 1 amide bonds. The maximum atomic E-state index is 12.7. The number of rotatable bonds is 3. The zero-order valence-electron chi connectivity index (χ0n) is 12.8. The molecule has 1 aliphatic rings. The van der Waals surface area contributed by atoms with Crippen molar-refractivity contribution in [1.29, 1.82) is 0 Å². The second-order valence-electron chi connectivity index (χ2n) is 5.52. The van der Waals surface area contributed by atoms with Crippen LogP contribution >= 0.6 is 36.2 Å². The molecule has 3 rings (SSSR count). The second kappa shape index (κ2) is 8.68. The molecule has 2 unspecified atom stereocenters. The first-order chi connectivity index (χ1) is 10.2. The number of nitrogens with two attached hydrogens (primary N) is 1. The predicted molar refractivity (Wildman–Crippen MR) is 96.6 cm³/mol. The zero-order chi connectivity index (χ0) is 14.8. The van der Waals surface area contributed by atoms with E-state index in [1.54, 1.807) is 12.5 Å². The van der Waals surface area contributed by atoms with E-state index in [4.69, 9.17) is 10.2 Å². The molecule has 2 N–H and O–H groups in total. The van der Waals surface area contributed by atoms with Gasteiger partial charge in [-0.3, -0.25) is 4.79 Å². The third kappa shape index (κ3) is 4.26. The minimum atomic E-state index is 0. The molecular weight excluding hydrogens is 357 g/mol. The predicted octanol–water partition coefficient (Wildman–Crippen LogP) is 3.45. The summed E-state index contributed by atoms with van der Waals surface area (Å²) in [6, 6.07) is 3.79. The maximum absolute atomic E-state index is 12.7. The lowest BCUT2D eigenvalue weighted by atomic mass is 9.92. The quantitative estimate of drug-likeness (QED) is 0.888. The van der Waals surface area contributed by atoms with Gasteiger partial charge in [-0.05, 0) is 30.9 Å². The molecule has 2 aromatic heterocycles. The monoisotopic (exact) mass is 377 g/mol. The largest absolute Gasteiger partial charge is 0.462 e. The first-order valence-corrected chi connectivity index (χ1v) is 8.01. The van der Waals surface area contributed by atoms with Crippen molar-refractivity contribution in [3.63, 3.8) is 0 Å². The van der Waals surface area contributed by atoms with Gasteiger partial charge in [-0.15, -0.1) is 36.2 Å². The van der Waals surface area contributed by atoms with E-state index in [1.807, 2.05) is 17.0 Å². The molecule has 128 valence electrons. The number of carbonyl (C=O) groups excluding carboxylic acids is 1. The second-order valence-corrected chi connectivity index (χ2v) is 6.56. The lowest BCUT2D eigenvalue weighted by Crippen LogP contribution is -2.49. The molecule has 0 spiro atoms. The molecule has 0 radical (unpaired) electrons. The fourth-order valence-electron chi connectivity index (χ4n) is 2.77. The number of hydrogen-bond donors (Lipinski definition) is 1. The van der Waals surface area contributed by atoms with Crippen molar-refractivity contribution in [1.82, 2.24) is 9.88 Å². The van der Waals surface area contributed by atoms with Gasteiger partial charge in [0, 0.05) is 19.1 Å². The molecule has 0 saturated carbocycles. The van der Waals surface area contributed by atoms with E-state index in [0.717, 1.165) is 24.4 Å². The summed E-state index contributed by atoms with van der Waals surface area (Å²) in [5.41, 5.74) is 5.83. The van der Waals surface area contributed by atoms with Crippen LogP contribution < -0.4 is 5.73 Å². The Kier molecular flexibility index (Phi) is 7.54. The van der Waals surface area contributed by atoms with E-state index in [9.17, 15) is 4.79 Å². The van der Waals surface area contributed by atoms with Gasteiger partial charge in [-0.25, -0.2) is 4.98 Å². The van der Waals surface area contributed by atoms with Crippen LogP contribution in [-0.2, 0) is 0 Å². The third-order valence-corrected chi connectivity index (χ3v) is 4.96. The highest BCUT2D eigenvalue weighted by Crippen LogP contribution is 2.29. The molecule has 0 aromatic carbocycles. The van der Waals surface area contributed by atoms with E-state index in [2.05, 4.69) is 11.9 Å². The third-order valence-electron chi connectivity index (χ3n) is 3.96. The van der Waals surface area contributed by atoms with Crippen LogP contribution in [-0.4, -0.2) is 34.9 Å².